The van der Waals surface area contributed by atoms with Crippen LogP contribution in [0.3, 0.4) is 0 Å². The van der Waals surface area contributed by atoms with Crippen molar-refractivity contribution in [3.8, 4) is 0 Å². The van der Waals surface area contributed by atoms with Crippen LogP contribution < -0.4 is 0 Å². The first kappa shape index (κ1) is 14.8. The number of hydrogen-bond acceptors (Lipinski definition) is 1. The highest BCUT2D eigenvalue weighted by Gasteiger charge is 2.51. The van der Waals surface area contributed by atoms with Crippen molar-refractivity contribution < 1.29 is 17.9 Å². The van der Waals surface area contributed by atoms with Crippen LogP contribution in [0.15, 0.2) is 0 Å². The highest BCUT2D eigenvalue weighted by Crippen LogP contribution is 2.48. The second kappa shape index (κ2) is 5.17. The number of ether oxygens (including phenoxy) is 1. The molecule has 0 amide bonds. The molecule has 1 nitrogen and oxygen atoms in total. The topological polar surface area (TPSA) is 9.23 Å². The van der Waals surface area contributed by atoms with Crippen LogP contribution in [0.5, 0.6) is 0 Å². The van der Waals surface area contributed by atoms with E-state index in [2.05, 4.69) is 0 Å². The molecule has 4 heteroatoms. The number of rotatable bonds is 3. The van der Waals surface area contributed by atoms with Crippen molar-refractivity contribution in [2.45, 2.75) is 58.7 Å². The lowest BCUT2D eigenvalue weighted by molar-refractivity contribution is -0.202. The molecule has 3 atom stereocenters. The third-order valence-corrected chi connectivity index (χ3v) is 3.56. The summed E-state index contributed by atoms with van der Waals surface area (Å²) in [5, 5.41) is 0. The molecule has 0 aromatic heterocycles. The second-order valence-corrected chi connectivity index (χ2v) is 6.00. The average molecular weight is 252 g/mol. The summed E-state index contributed by atoms with van der Waals surface area (Å²) in [5.41, 5.74) is -0.361. The molecule has 1 fully saturated rings. The van der Waals surface area contributed by atoms with E-state index < -0.39 is 12.1 Å². The summed E-state index contributed by atoms with van der Waals surface area (Å²) in [7, 11) is 0. The Morgan fingerprint density at radius 2 is 1.59 bits per heavy atom. The molecule has 0 heterocycles. The van der Waals surface area contributed by atoms with E-state index in [9.17, 15) is 13.2 Å². The van der Waals surface area contributed by atoms with Crippen LogP contribution >= 0.6 is 0 Å². The summed E-state index contributed by atoms with van der Waals surface area (Å²) in [6.07, 6.45) is -2.16. The van der Waals surface area contributed by atoms with Crippen LogP contribution in [-0.2, 0) is 4.74 Å². The molecule has 0 aliphatic heterocycles. The third-order valence-electron chi connectivity index (χ3n) is 3.56. The van der Waals surface area contributed by atoms with Crippen molar-refractivity contribution in [3.05, 3.63) is 0 Å². The maximum atomic E-state index is 13.0. The smallest absolute Gasteiger partial charge is 0.376 e. The van der Waals surface area contributed by atoms with Gasteiger partial charge in [-0.2, -0.15) is 13.2 Å². The molecule has 0 radical (unpaired) electrons. The molecule has 1 aliphatic rings. The molecule has 0 bridgehead atoms. The van der Waals surface area contributed by atoms with Crippen LogP contribution in [0.1, 0.15) is 47.0 Å². The van der Waals surface area contributed by atoms with Gasteiger partial charge in [-0.25, -0.2) is 0 Å². The predicted octanol–water partition coefficient (Wildman–Crippen LogP) is 4.42. The summed E-state index contributed by atoms with van der Waals surface area (Å²) < 4.78 is 44.6. The third kappa shape index (κ3) is 4.16. The lowest BCUT2D eigenvalue weighted by atomic mass is 9.87. The fourth-order valence-corrected chi connectivity index (χ4v) is 2.71. The van der Waals surface area contributed by atoms with Crippen molar-refractivity contribution >= 4 is 0 Å². The van der Waals surface area contributed by atoms with E-state index in [-0.39, 0.29) is 24.0 Å². The lowest BCUT2D eigenvalue weighted by Gasteiger charge is -2.29. The molecule has 1 saturated carbocycles. The van der Waals surface area contributed by atoms with E-state index in [1.807, 2.05) is 27.7 Å². The molecule has 0 aromatic carbocycles. The monoisotopic (exact) mass is 252 g/mol. The van der Waals surface area contributed by atoms with Gasteiger partial charge in [-0.05, 0) is 45.4 Å². The Morgan fingerprint density at radius 3 is 2.00 bits per heavy atom. The normalized spacial score (nSPS) is 30.9. The Bertz CT molecular complexity index is 242. The van der Waals surface area contributed by atoms with Gasteiger partial charge in [-0.1, -0.05) is 13.3 Å². The zero-order valence-electron chi connectivity index (χ0n) is 11.1. The lowest BCUT2D eigenvalue weighted by Crippen LogP contribution is -2.35. The Balaban J connectivity index is 2.65. The Hall–Kier alpha value is -0.250. The molecule has 0 saturated heterocycles. The first-order valence-corrected chi connectivity index (χ1v) is 6.36. The Morgan fingerprint density at radius 1 is 1.06 bits per heavy atom. The summed E-state index contributed by atoms with van der Waals surface area (Å²) in [6, 6.07) is 0. The molecule has 0 spiro atoms. The zero-order chi connectivity index (χ0) is 13.3. The number of hydrogen-bond donors (Lipinski definition) is 0. The van der Waals surface area contributed by atoms with Crippen LogP contribution in [0.4, 0.5) is 13.2 Å². The van der Waals surface area contributed by atoms with Crippen LogP contribution in [0.25, 0.3) is 0 Å². The fourth-order valence-electron chi connectivity index (χ4n) is 2.71. The molecule has 0 aromatic rings. The largest absolute Gasteiger partial charge is 0.392 e. The van der Waals surface area contributed by atoms with Gasteiger partial charge in [0.1, 0.15) is 0 Å². The van der Waals surface area contributed by atoms with Crippen LogP contribution in [-0.4, -0.2) is 18.4 Å². The number of alkyl halides is 3. The second-order valence-electron chi connectivity index (χ2n) is 6.00. The van der Waals surface area contributed by atoms with Crippen molar-refractivity contribution in [1.82, 2.24) is 0 Å². The summed E-state index contributed by atoms with van der Waals surface area (Å²) in [6.45, 7) is 7.70. The molecule has 1 rings (SSSR count). The molecular formula is C13H23F3O. The standard InChI is InChI=1S/C13H23F3O/c1-5-9-6-7-10(8-17-12(2,3)4)11(9)13(14,15)16/h9-11H,5-8H2,1-4H3. The summed E-state index contributed by atoms with van der Waals surface area (Å²) >= 11 is 0. The minimum Gasteiger partial charge on any atom is -0.376 e. The Kier molecular flexibility index (Phi) is 4.50. The minimum absolute atomic E-state index is 0.219. The van der Waals surface area contributed by atoms with Gasteiger partial charge in [0.15, 0.2) is 0 Å². The van der Waals surface area contributed by atoms with Gasteiger partial charge in [0.25, 0.3) is 0 Å². The van der Waals surface area contributed by atoms with E-state index in [1.165, 1.54) is 0 Å². The predicted molar refractivity (Wildman–Crippen MR) is 61.8 cm³/mol. The molecular weight excluding hydrogens is 229 g/mol. The summed E-state index contributed by atoms with van der Waals surface area (Å²) in [5.74, 6) is -1.75. The quantitative estimate of drug-likeness (QED) is 0.722. The van der Waals surface area contributed by atoms with Crippen molar-refractivity contribution in [2.75, 3.05) is 6.61 Å². The minimum atomic E-state index is -4.08. The van der Waals surface area contributed by atoms with Gasteiger partial charge < -0.3 is 4.74 Å². The van der Waals surface area contributed by atoms with E-state index in [4.69, 9.17) is 4.74 Å². The van der Waals surface area contributed by atoms with Crippen molar-refractivity contribution in [2.24, 2.45) is 17.8 Å². The molecule has 0 N–H and O–H groups in total. The van der Waals surface area contributed by atoms with Crippen molar-refractivity contribution in [3.63, 3.8) is 0 Å². The SMILES string of the molecule is CCC1CCC(COC(C)(C)C)C1C(F)(F)F. The van der Waals surface area contributed by atoms with Gasteiger partial charge in [0.05, 0.1) is 18.1 Å². The average Bonchev–Trinajstić information content (AvgIpc) is 2.55. The maximum absolute atomic E-state index is 13.0. The van der Waals surface area contributed by atoms with Gasteiger partial charge in [0.2, 0.25) is 0 Å². The van der Waals surface area contributed by atoms with E-state index in [0.29, 0.717) is 19.3 Å². The van der Waals surface area contributed by atoms with E-state index in [0.717, 1.165) is 0 Å². The Labute approximate surface area is 102 Å². The van der Waals surface area contributed by atoms with E-state index in [1.54, 1.807) is 0 Å². The molecule has 102 valence electrons. The highest BCUT2D eigenvalue weighted by atomic mass is 19.4. The first-order valence-electron chi connectivity index (χ1n) is 6.36. The van der Waals surface area contributed by atoms with Crippen molar-refractivity contribution in [1.29, 1.82) is 0 Å². The molecule has 1 aliphatic carbocycles. The molecule has 3 unspecified atom stereocenters. The van der Waals surface area contributed by atoms with Gasteiger partial charge in [-0.15, -0.1) is 0 Å². The first-order chi connectivity index (χ1) is 7.65. The highest BCUT2D eigenvalue weighted by molar-refractivity contribution is 4.89. The van der Waals surface area contributed by atoms with Gasteiger partial charge in [-0.3, -0.25) is 0 Å². The van der Waals surface area contributed by atoms with Crippen LogP contribution in [0, 0.1) is 17.8 Å². The maximum Gasteiger partial charge on any atom is 0.392 e. The van der Waals surface area contributed by atoms with E-state index >= 15 is 0 Å². The number of halogens is 3. The fraction of sp³-hybridized carbons (Fsp3) is 1.00. The van der Waals surface area contributed by atoms with Gasteiger partial charge in [0, 0.05) is 0 Å². The van der Waals surface area contributed by atoms with Gasteiger partial charge >= 0.3 is 6.18 Å². The molecule has 17 heavy (non-hydrogen) atoms. The zero-order valence-corrected chi connectivity index (χ0v) is 11.1. The van der Waals surface area contributed by atoms with Crippen LogP contribution in [0.2, 0.25) is 0 Å². The summed E-state index contributed by atoms with van der Waals surface area (Å²) in [4.78, 5) is 0.